The first kappa shape index (κ1) is 18.1. The van der Waals surface area contributed by atoms with Gasteiger partial charge in [0.05, 0.1) is 6.61 Å². The fourth-order valence-electron chi connectivity index (χ4n) is 2.56. The number of carbonyl (C=O) groups is 1. The number of nitrogens with one attached hydrogen (secondary N) is 1. The third kappa shape index (κ3) is 4.92. The number of hydrogen-bond donors (Lipinski definition) is 1. The summed E-state index contributed by atoms with van der Waals surface area (Å²) in [6, 6.07) is 15.6. The molecular formula is C21H22N2O2S. The van der Waals surface area contributed by atoms with Gasteiger partial charge >= 0.3 is 0 Å². The molecule has 134 valence electrons. The molecule has 0 saturated heterocycles. The van der Waals surface area contributed by atoms with Crippen LogP contribution in [0.5, 0.6) is 5.75 Å². The molecule has 1 heterocycles. The predicted molar refractivity (Wildman–Crippen MR) is 106 cm³/mol. The molecule has 5 heteroatoms. The molecule has 2 aromatic carbocycles. The van der Waals surface area contributed by atoms with Gasteiger partial charge in [-0.2, -0.15) is 0 Å². The van der Waals surface area contributed by atoms with Crippen LogP contribution >= 0.6 is 11.3 Å². The van der Waals surface area contributed by atoms with Crippen LogP contribution in [0.2, 0.25) is 0 Å². The van der Waals surface area contributed by atoms with Crippen molar-refractivity contribution in [3.63, 3.8) is 0 Å². The van der Waals surface area contributed by atoms with Crippen LogP contribution < -0.4 is 10.1 Å². The van der Waals surface area contributed by atoms with Crippen molar-refractivity contribution in [1.29, 1.82) is 0 Å². The number of rotatable bonds is 7. The number of nitrogens with zero attached hydrogens (tertiary/aromatic N) is 1. The van der Waals surface area contributed by atoms with Crippen molar-refractivity contribution in [3.8, 4) is 5.75 Å². The molecule has 0 aliphatic carbocycles. The number of aryl methyl sites for hydroxylation is 1. The average Bonchev–Trinajstić information content (AvgIpc) is 3.07. The zero-order valence-corrected chi connectivity index (χ0v) is 15.8. The van der Waals surface area contributed by atoms with E-state index in [-0.39, 0.29) is 5.91 Å². The smallest absolute Gasteiger partial charge is 0.257 e. The van der Waals surface area contributed by atoms with E-state index < -0.39 is 0 Å². The Kier molecular flexibility index (Phi) is 6.02. The van der Waals surface area contributed by atoms with Crippen LogP contribution in [0.15, 0.2) is 54.7 Å². The molecule has 3 rings (SSSR count). The van der Waals surface area contributed by atoms with Crippen molar-refractivity contribution in [3.05, 3.63) is 76.3 Å². The molecule has 1 amide bonds. The first-order valence-electron chi connectivity index (χ1n) is 8.68. The van der Waals surface area contributed by atoms with Crippen molar-refractivity contribution in [2.24, 2.45) is 0 Å². The molecular weight excluding hydrogens is 344 g/mol. The van der Waals surface area contributed by atoms with Crippen molar-refractivity contribution in [2.45, 2.75) is 26.7 Å². The number of anilines is 1. The summed E-state index contributed by atoms with van der Waals surface area (Å²) in [4.78, 5) is 17.8. The lowest BCUT2D eigenvalue weighted by Gasteiger charge is -2.05. The number of benzene rings is 2. The van der Waals surface area contributed by atoms with Crippen LogP contribution in [-0.2, 0) is 6.42 Å². The number of aromatic nitrogens is 1. The van der Waals surface area contributed by atoms with Crippen molar-refractivity contribution in [2.75, 3.05) is 11.9 Å². The molecule has 1 aromatic heterocycles. The maximum absolute atomic E-state index is 12.4. The predicted octanol–water partition coefficient (Wildman–Crippen LogP) is 5.08. The second-order valence-corrected chi connectivity index (χ2v) is 7.24. The maximum Gasteiger partial charge on any atom is 0.257 e. The monoisotopic (exact) mass is 366 g/mol. The molecule has 26 heavy (non-hydrogen) atoms. The Bertz CT molecular complexity index is 872. The second-order valence-electron chi connectivity index (χ2n) is 6.12. The van der Waals surface area contributed by atoms with Gasteiger partial charge in [0.15, 0.2) is 5.13 Å². The summed E-state index contributed by atoms with van der Waals surface area (Å²) in [5.41, 5.74) is 3.07. The van der Waals surface area contributed by atoms with E-state index in [1.165, 1.54) is 22.5 Å². The summed E-state index contributed by atoms with van der Waals surface area (Å²) in [5.74, 6) is 0.613. The number of ether oxygens (including phenoxy) is 1. The molecule has 0 fully saturated rings. The minimum atomic E-state index is -0.163. The molecule has 0 aliphatic heterocycles. The topological polar surface area (TPSA) is 51.2 Å². The minimum absolute atomic E-state index is 0.163. The quantitative estimate of drug-likeness (QED) is 0.634. The third-order valence-electron chi connectivity index (χ3n) is 3.82. The van der Waals surface area contributed by atoms with E-state index in [1.54, 1.807) is 12.1 Å². The molecule has 4 nitrogen and oxygen atoms in total. The molecule has 0 unspecified atom stereocenters. The fourth-order valence-corrected chi connectivity index (χ4v) is 3.40. The largest absolute Gasteiger partial charge is 0.494 e. The highest BCUT2D eigenvalue weighted by Gasteiger charge is 2.10. The lowest BCUT2D eigenvalue weighted by molar-refractivity contribution is 0.102. The van der Waals surface area contributed by atoms with Crippen LogP contribution in [0.25, 0.3) is 0 Å². The average molecular weight is 366 g/mol. The van der Waals surface area contributed by atoms with Crippen LogP contribution in [0.4, 0.5) is 5.13 Å². The Balaban J connectivity index is 1.60. The van der Waals surface area contributed by atoms with Crippen LogP contribution in [-0.4, -0.2) is 17.5 Å². The Morgan fingerprint density at radius 3 is 2.73 bits per heavy atom. The molecule has 0 spiro atoms. The Morgan fingerprint density at radius 2 is 2.00 bits per heavy atom. The van der Waals surface area contributed by atoms with Gasteiger partial charge < -0.3 is 4.74 Å². The van der Waals surface area contributed by atoms with Gasteiger partial charge in [-0.1, -0.05) is 36.8 Å². The SMILES string of the molecule is CCCOc1ccc(C(=O)Nc2ncc(Cc3cccc(C)c3)s2)cc1. The third-order valence-corrected chi connectivity index (χ3v) is 4.74. The van der Waals surface area contributed by atoms with E-state index >= 15 is 0 Å². The van der Waals surface area contributed by atoms with E-state index in [0.717, 1.165) is 23.5 Å². The lowest BCUT2D eigenvalue weighted by Crippen LogP contribution is -2.11. The maximum atomic E-state index is 12.4. The minimum Gasteiger partial charge on any atom is -0.494 e. The summed E-state index contributed by atoms with van der Waals surface area (Å²) in [6.07, 6.45) is 3.60. The first-order valence-corrected chi connectivity index (χ1v) is 9.50. The Morgan fingerprint density at radius 1 is 1.19 bits per heavy atom. The van der Waals surface area contributed by atoms with Gasteiger partial charge in [-0.05, 0) is 43.2 Å². The number of hydrogen-bond acceptors (Lipinski definition) is 4. The molecule has 3 aromatic rings. The summed E-state index contributed by atoms with van der Waals surface area (Å²) in [6.45, 7) is 4.82. The molecule has 0 aliphatic rings. The second kappa shape index (κ2) is 8.63. The van der Waals surface area contributed by atoms with Gasteiger partial charge in [-0.15, -0.1) is 11.3 Å². The van der Waals surface area contributed by atoms with Crippen LogP contribution in [0.3, 0.4) is 0 Å². The van der Waals surface area contributed by atoms with Gasteiger partial charge in [0.1, 0.15) is 5.75 Å². The molecule has 0 saturated carbocycles. The molecule has 1 N–H and O–H groups in total. The Hall–Kier alpha value is -2.66. The normalized spacial score (nSPS) is 10.5. The van der Waals surface area contributed by atoms with Gasteiger partial charge in [-0.3, -0.25) is 10.1 Å². The van der Waals surface area contributed by atoms with E-state index in [4.69, 9.17) is 4.74 Å². The van der Waals surface area contributed by atoms with E-state index in [2.05, 4.69) is 48.4 Å². The van der Waals surface area contributed by atoms with Gasteiger partial charge in [0.2, 0.25) is 0 Å². The number of amides is 1. The number of carbonyl (C=O) groups excluding carboxylic acids is 1. The first-order chi connectivity index (χ1) is 12.6. The van der Waals surface area contributed by atoms with E-state index in [1.807, 2.05) is 18.3 Å². The molecule has 0 radical (unpaired) electrons. The van der Waals surface area contributed by atoms with Crippen molar-refractivity contribution >= 4 is 22.4 Å². The highest BCUT2D eigenvalue weighted by molar-refractivity contribution is 7.15. The standard InChI is InChI=1S/C21H22N2O2S/c1-3-11-25-18-9-7-17(8-10-18)20(24)23-21-22-14-19(26-21)13-16-6-4-5-15(2)12-16/h4-10,12,14H,3,11,13H2,1-2H3,(H,22,23,24). The van der Waals surface area contributed by atoms with Gasteiger partial charge in [-0.25, -0.2) is 4.98 Å². The molecule has 0 bridgehead atoms. The van der Waals surface area contributed by atoms with Gasteiger partial charge in [0.25, 0.3) is 5.91 Å². The van der Waals surface area contributed by atoms with E-state index in [0.29, 0.717) is 17.3 Å². The summed E-state index contributed by atoms with van der Waals surface area (Å²) in [7, 11) is 0. The zero-order valence-electron chi connectivity index (χ0n) is 15.0. The Labute approximate surface area is 157 Å². The fraction of sp³-hybridized carbons (Fsp3) is 0.238. The summed E-state index contributed by atoms with van der Waals surface area (Å²) in [5, 5.41) is 3.48. The van der Waals surface area contributed by atoms with E-state index in [9.17, 15) is 4.79 Å². The number of thiazole rings is 1. The highest BCUT2D eigenvalue weighted by atomic mass is 32.1. The van der Waals surface area contributed by atoms with Crippen molar-refractivity contribution < 1.29 is 9.53 Å². The van der Waals surface area contributed by atoms with Crippen LogP contribution in [0, 0.1) is 6.92 Å². The zero-order chi connectivity index (χ0) is 18.4. The molecule has 0 atom stereocenters. The summed E-state index contributed by atoms with van der Waals surface area (Å²) < 4.78 is 5.53. The summed E-state index contributed by atoms with van der Waals surface area (Å²) >= 11 is 1.50. The highest BCUT2D eigenvalue weighted by Crippen LogP contribution is 2.22. The van der Waals surface area contributed by atoms with Crippen LogP contribution in [0.1, 0.15) is 39.7 Å². The lowest BCUT2D eigenvalue weighted by atomic mass is 10.1. The van der Waals surface area contributed by atoms with Gasteiger partial charge in [0, 0.05) is 23.1 Å². The van der Waals surface area contributed by atoms with Crippen molar-refractivity contribution in [1.82, 2.24) is 4.98 Å².